The van der Waals surface area contributed by atoms with Crippen molar-refractivity contribution in [3.8, 4) is 0 Å². The third-order valence-electron chi connectivity index (χ3n) is 2.76. The number of nitrogens with zero attached hydrogens (tertiary/aromatic N) is 1. The molecule has 4 N–H and O–H groups in total. The largest absolute Gasteiger partial charge is 0.394 e. The molecule has 0 aliphatic heterocycles. The Morgan fingerprint density at radius 1 is 1.19 bits per heavy atom. The number of aliphatic hydroxyl groups is 3. The summed E-state index contributed by atoms with van der Waals surface area (Å²) in [5.74, 6) is -4.03. The van der Waals surface area contributed by atoms with Gasteiger partial charge in [0.25, 0.3) is 5.91 Å². The van der Waals surface area contributed by atoms with Crippen molar-refractivity contribution in [2.24, 2.45) is 0 Å². The lowest BCUT2D eigenvalue weighted by Gasteiger charge is -2.28. The fraction of sp³-hybridized carbons (Fsp3) is 0.364. The molecule has 1 amide bonds. The summed E-state index contributed by atoms with van der Waals surface area (Å²) >= 11 is 0. The lowest BCUT2D eigenvalue weighted by Crippen LogP contribution is -2.57. The Hall–Kier alpha value is -2.17. The predicted molar refractivity (Wildman–Crippen MR) is 64.5 cm³/mol. The molecule has 21 heavy (non-hydrogen) atoms. The highest BCUT2D eigenvalue weighted by molar-refractivity contribution is 5.95. The minimum Gasteiger partial charge on any atom is -0.394 e. The number of aliphatic hydroxyl groups excluding tert-OH is 3. The van der Waals surface area contributed by atoms with E-state index < -0.39 is 59.1 Å². The number of amides is 1. The van der Waals surface area contributed by atoms with Gasteiger partial charge in [0.1, 0.15) is 11.4 Å². The summed E-state index contributed by atoms with van der Waals surface area (Å²) in [6, 6.07) is 0.558. The van der Waals surface area contributed by atoms with E-state index in [0.717, 1.165) is 0 Å². The van der Waals surface area contributed by atoms with Gasteiger partial charge in [-0.05, 0) is 6.07 Å². The van der Waals surface area contributed by atoms with Crippen molar-refractivity contribution < 1.29 is 33.8 Å². The first-order valence-corrected chi connectivity index (χ1v) is 5.58. The quantitative estimate of drug-likeness (QED) is 0.406. The Balaban J connectivity index is 3.14. The fourth-order valence-corrected chi connectivity index (χ4v) is 1.43. The smallest absolute Gasteiger partial charge is 0.307 e. The van der Waals surface area contributed by atoms with Gasteiger partial charge in [0, 0.05) is 0 Å². The topological polar surface area (TPSA) is 133 Å². The number of nitro benzene ring substituents is 1. The van der Waals surface area contributed by atoms with Crippen molar-refractivity contribution in [2.45, 2.75) is 5.54 Å². The molecule has 0 aromatic heterocycles. The summed E-state index contributed by atoms with van der Waals surface area (Å²) in [6.45, 7) is -2.57. The molecule has 0 atom stereocenters. The molecule has 0 bridgehead atoms. The molecule has 0 aliphatic rings. The average Bonchev–Trinajstić information content (AvgIpc) is 2.46. The molecular formula is C11H12F2N2O6. The molecule has 0 heterocycles. The lowest BCUT2D eigenvalue weighted by molar-refractivity contribution is -0.387. The highest BCUT2D eigenvalue weighted by Gasteiger charge is 2.32. The molecule has 0 unspecified atom stereocenters. The zero-order chi connectivity index (χ0) is 16.2. The summed E-state index contributed by atoms with van der Waals surface area (Å²) in [4.78, 5) is 21.0. The summed E-state index contributed by atoms with van der Waals surface area (Å²) < 4.78 is 27.0. The van der Waals surface area contributed by atoms with Gasteiger partial charge in [0.15, 0.2) is 0 Å². The first kappa shape index (κ1) is 16.9. The minimum absolute atomic E-state index is 0.239. The van der Waals surface area contributed by atoms with Crippen molar-refractivity contribution in [1.82, 2.24) is 5.32 Å². The molecule has 0 saturated heterocycles. The maximum absolute atomic E-state index is 13.6. The second-order valence-corrected chi connectivity index (χ2v) is 4.25. The second-order valence-electron chi connectivity index (χ2n) is 4.25. The van der Waals surface area contributed by atoms with Crippen molar-refractivity contribution in [2.75, 3.05) is 19.8 Å². The van der Waals surface area contributed by atoms with Crippen LogP contribution in [-0.2, 0) is 0 Å². The number of nitrogens with one attached hydrogen (secondary N) is 1. The van der Waals surface area contributed by atoms with Crippen LogP contribution in [0, 0.1) is 21.7 Å². The zero-order valence-corrected chi connectivity index (χ0v) is 10.5. The summed E-state index contributed by atoms with van der Waals surface area (Å²) in [7, 11) is 0. The van der Waals surface area contributed by atoms with Crippen LogP contribution in [0.2, 0.25) is 0 Å². The van der Waals surface area contributed by atoms with E-state index >= 15 is 0 Å². The van der Waals surface area contributed by atoms with E-state index in [2.05, 4.69) is 0 Å². The first-order valence-electron chi connectivity index (χ1n) is 5.58. The summed E-state index contributed by atoms with van der Waals surface area (Å²) in [5.41, 5.74) is -3.83. The van der Waals surface area contributed by atoms with Crippen LogP contribution in [0.3, 0.4) is 0 Å². The van der Waals surface area contributed by atoms with Crippen molar-refractivity contribution in [3.05, 3.63) is 39.4 Å². The van der Waals surface area contributed by atoms with E-state index in [9.17, 15) is 23.7 Å². The molecule has 8 nitrogen and oxygen atoms in total. The maximum Gasteiger partial charge on any atom is 0.307 e. The number of hydrogen-bond acceptors (Lipinski definition) is 6. The minimum atomic E-state index is -1.83. The molecule has 0 aliphatic carbocycles. The van der Waals surface area contributed by atoms with Crippen LogP contribution in [0.5, 0.6) is 0 Å². The Kier molecular flexibility index (Phi) is 5.24. The third-order valence-corrected chi connectivity index (χ3v) is 2.76. The van der Waals surface area contributed by atoms with Crippen LogP contribution < -0.4 is 5.32 Å². The summed E-state index contributed by atoms with van der Waals surface area (Å²) in [6.07, 6.45) is 0. The van der Waals surface area contributed by atoms with Crippen molar-refractivity contribution >= 4 is 11.6 Å². The molecular weight excluding hydrogens is 294 g/mol. The van der Waals surface area contributed by atoms with Gasteiger partial charge >= 0.3 is 5.69 Å². The number of hydrogen-bond donors (Lipinski definition) is 4. The molecule has 1 rings (SSSR count). The van der Waals surface area contributed by atoms with Gasteiger partial charge in [0.2, 0.25) is 5.82 Å². The summed E-state index contributed by atoms with van der Waals surface area (Å²) in [5, 5.41) is 39.4. The molecule has 0 fully saturated rings. The van der Waals surface area contributed by atoms with Crippen LogP contribution in [-0.4, -0.2) is 51.5 Å². The van der Waals surface area contributed by atoms with Gasteiger partial charge in [-0.3, -0.25) is 14.9 Å². The van der Waals surface area contributed by atoms with E-state index in [4.69, 9.17) is 15.3 Å². The van der Waals surface area contributed by atoms with Crippen molar-refractivity contribution in [1.29, 1.82) is 0 Å². The molecule has 10 heteroatoms. The Morgan fingerprint density at radius 2 is 1.71 bits per heavy atom. The third kappa shape index (κ3) is 3.48. The average molecular weight is 306 g/mol. The highest BCUT2D eigenvalue weighted by Crippen LogP contribution is 2.21. The predicted octanol–water partition coefficient (Wildman–Crippen LogP) is -0.681. The SMILES string of the molecule is O=C(NC(CO)(CO)CO)c1cc(F)c([N+](=O)[O-])cc1F. The van der Waals surface area contributed by atoms with E-state index in [0.29, 0.717) is 6.07 Å². The molecule has 1 aromatic rings. The van der Waals surface area contributed by atoms with Crippen LogP contribution >= 0.6 is 0 Å². The van der Waals surface area contributed by atoms with E-state index in [1.54, 1.807) is 0 Å². The van der Waals surface area contributed by atoms with Crippen LogP contribution in [0.25, 0.3) is 0 Å². The van der Waals surface area contributed by atoms with Gasteiger partial charge < -0.3 is 20.6 Å². The van der Waals surface area contributed by atoms with E-state index in [1.165, 1.54) is 0 Å². The number of nitro groups is 1. The highest BCUT2D eigenvalue weighted by atomic mass is 19.1. The monoisotopic (exact) mass is 306 g/mol. The fourth-order valence-electron chi connectivity index (χ4n) is 1.43. The van der Waals surface area contributed by atoms with Crippen LogP contribution in [0.4, 0.5) is 14.5 Å². The standard InChI is InChI=1S/C11H12F2N2O6/c12-7-2-9(15(20)21)8(13)1-6(7)10(19)14-11(3-16,4-17)5-18/h1-2,16-18H,3-5H2,(H,14,19). The molecule has 116 valence electrons. The zero-order valence-electron chi connectivity index (χ0n) is 10.5. The number of rotatable bonds is 6. The normalized spacial score (nSPS) is 11.3. The number of carbonyl (C=O) groups excluding carboxylic acids is 1. The number of halogens is 2. The van der Waals surface area contributed by atoms with Crippen LogP contribution in [0.15, 0.2) is 12.1 Å². The first-order chi connectivity index (χ1) is 9.80. The Bertz CT molecular complexity index is 554. The van der Waals surface area contributed by atoms with E-state index in [-0.39, 0.29) is 6.07 Å². The number of carbonyl (C=O) groups is 1. The second kappa shape index (κ2) is 6.52. The van der Waals surface area contributed by atoms with Crippen molar-refractivity contribution in [3.63, 3.8) is 0 Å². The van der Waals surface area contributed by atoms with E-state index in [1.807, 2.05) is 5.32 Å². The molecule has 0 radical (unpaired) electrons. The van der Waals surface area contributed by atoms with Gasteiger partial charge in [0.05, 0.1) is 36.4 Å². The molecule has 0 spiro atoms. The van der Waals surface area contributed by atoms with Gasteiger partial charge in [-0.25, -0.2) is 4.39 Å². The molecule has 0 saturated carbocycles. The van der Waals surface area contributed by atoms with Gasteiger partial charge in [-0.2, -0.15) is 4.39 Å². The maximum atomic E-state index is 13.6. The van der Waals surface area contributed by atoms with Gasteiger partial charge in [-0.15, -0.1) is 0 Å². The van der Waals surface area contributed by atoms with Crippen LogP contribution in [0.1, 0.15) is 10.4 Å². The van der Waals surface area contributed by atoms with Gasteiger partial charge in [-0.1, -0.05) is 0 Å². The Labute approximate surface area is 116 Å². The number of benzene rings is 1. The Morgan fingerprint density at radius 3 is 2.14 bits per heavy atom. The molecule has 1 aromatic carbocycles. The lowest BCUT2D eigenvalue weighted by atomic mass is 10.0.